The largest absolute Gasteiger partial charge is 0.396 e. The zero-order chi connectivity index (χ0) is 15.1. The van der Waals surface area contributed by atoms with Crippen LogP contribution in [0.3, 0.4) is 0 Å². The van der Waals surface area contributed by atoms with Crippen LogP contribution < -0.4 is 5.32 Å². The van der Waals surface area contributed by atoms with Crippen LogP contribution in [-0.2, 0) is 4.74 Å². The molecule has 0 saturated carbocycles. The van der Waals surface area contributed by atoms with Crippen LogP contribution in [0.2, 0.25) is 5.15 Å². The van der Waals surface area contributed by atoms with Gasteiger partial charge in [-0.15, -0.1) is 0 Å². The first-order chi connectivity index (χ1) is 9.51. The molecule has 1 aromatic heterocycles. The van der Waals surface area contributed by atoms with E-state index in [1.165, 1.54) is 19.4 Å². The zero-order valence-electron chi connectivity index (χ0n) is 10.7. The Morgan fingerprint density at radius 3 is 2.95 bits per heavy atom. The average Bonchev–Trinajstić information content (AvgIpc) is 2.38. The van der Waals surface area contributed by atoms with Crippen LogP contribution in [0.4, 0.5) is 5.69 Å². The average molecular weight is 304 g/mol. The van der Waals surface area contributed by atoms with Crippen molar-refractivity contribution in [2.75, 3.05) is 20.3 Å². The second kappa shape index (κ2) is 7.73. The number of amides is 1. The minimum absolute atomic E-state index is 0.145. The van der Waals surface area contributed by atoms with Crippen LogP contribution in [0.1, 0.15) is 16.8 Å². The van der Waals surface area contributed by atoms with Crippen LogP contribution in [0.25, 0.3) is 0 Å². The SMILES string of the molecule is COCC(CCO)NC(=O)c1ccnc(Cl)c1[N+](=O)[O-]. The fourth-order valence-electron chi connectivity index (χ4n) is 1.60. The van der Waals surface area contributed by atoms with Crippen LogP contribution in [0, 0.1) is 10.1 Å². The Hall–Kier alpha value is -1.77. The molecule has 9 heteroatoms. The Morgan fingerprint density at radius 1 is 1.70 bits per heavy atom. The summed E-state index contributed by atoms with van der Waals surface area (Å²) < 4.78 is 4.90. The molecule has 2 N–H and O–H groups in total. The minimum Gasteiger partial charge on any atom is -0.396 e. The number of nitrogens with one attached hydrogen (secondary N) is 1. The number of aromatic nitrogens is 1. The molecular weight excluding hydrogens is 290 g/mol. The van der Waals surface area contributed by atoms with Crippen LogP contribution in [-0.4, -0.2) is 47.3 Å². The number of nitro groups is 1. The monoisotopic (exact) mass is 303 g/mol. The maximum Gasteiger partial charge on any atom is 0.319 e. The molecule has 1 atom stereocenters. The van der Waals surface area contributed by atoms with Gasteiger partial charge in [0.2, 0.25) is 5.15 Å². The highest BCUT2D eigenvalue weighted by Gasteiger charge is 2.26. The normalized spacial score (nSPS) is 11.9. The molecule has 0 saturated heterocycles. The fourth-order valence-corrected chi connectivity index (χ4v) is 1.83. The number of rotatable bonds is 7. The predicted octanol–water partition coefficient (Wildman–Crippen LogP) is 0.770. The number of aliphatic hydroxyl groups is 1. The lowest BCUT2D eigenvalue weighted by Crippen LogP contribution is -2.39. The van der Waals surface area contributed by atoms with E-state index in [2.05, 4.69) is 10.3 Å². The molecule has 0 bridgehead atoms. The van der Waals surface area contributed by atoms with Crippen LogP contribution in [0.15, 0.2) is 12.3 Å². The van der Waals surface area contributed by atoms with Crippen molar-refractivity contribution in [3.05, 3.63) is 33.1 Å². The molecule has 0 radical (unpaired) electrons. The molecule has 0 spiro atoms. The first kappa shape index (κ1) is 16.3. The molecule has 1 unspecified atom stereocenters. The molecule has 1 rings (SSSR count). The van der Waals surface area contributed by atoms with Gasteiger partial charge in [-0.25, -0.2) is 4.98 Å². The van der Waals surface area contributed by atoms with E-state index in [4.69, 9.17) is 21.4 Å². The van der Waals surface area contributed by atoms with E-state index < -0.39 is 22.6 Å². The molecule has 0 aliphatic rings. The van der Waals surface area contributed by atoms with E-state index >= 15 is 0 Å². The number of methoxy groups -OCH3 is 1. The van der Waals surface area contributed by atoms with Gasteiger partial charge in [0.05, 0.1) is 17.6 Å². The first-order valence-electron chi connectivity index (χ1n) is 5.70. The van der Waals surface area contributed by atoms with Crippen molar-refractivity contribution in [3.8, 4) is 0 Å². The van der Waals surface area contributed by atoms with Crippen molar-refractivity contribution < 1.29 is 19.6 Å². The van der Waals surface area contributed by atoms with Gasteiger partial charge in [0.25, 0.3) is 5.91 Å². The molecule has 0 fully saturated rings. The van der Waals surface area contributed by atoms with Gasteiger partial charge in [-0.1, -0.05) is 11.6 Å². The van der Waals surface area contributed by atoms with Gasteiger partial charge in [-0.3, -0.25) is 14.9 Å². The summed E-state index contributed by atoms with van der Waals surface area (Å²) in [4.78, 5) is 25.8. The third-order valence-corrected chi connectivity index (χ3v) is 2.76. The van der Waals surface area contributed by atoms with Gasteiger partial charge in [-0.2, -0.15) is 0 Å². The first-order valence-corrected chi connectivity index (χ1v) is 6.08. The Kier molecular flexibility index (Phi) is 6.29. The summed E-state index contributed by atoms with van der Waals surface area (Å²) in [5, 5.41) is 22.0. The molecule has 20 heavy (non-hydrogen) atoms. The topological polar surface area (TPSA) is 115 Å². The van der Waals surface area contributed by atoms with Crippen LogP contribution in [0.5, 0.6) is 0 Å². The summed E-state index contributed by atoms with van der Waals surface area (Å²) >= 11 is 5.63. The molecule has 0 aliphatic carbocycles. The Morgan fingerprint density at radius 2 is 2.40 bits per heavy atom. The van der Waals surface area contributed by atoms with Gasteiger partial charge in [0.15, 0.2) is 0 Å². The lowest BCUT2D eigenvalue weighted by molar-refractivity contribution is -0.385. The Bertz CT molecular complexity index is 491. The van der Waals surface area contributed by atoms with E-state index in [0.29, 0.717) is 0 Å². The molecule has 110 valence electrons. The molecule has 1 amide bonds. The van der Waals surface area contributed by atoms with Gasteiger partial charge in [0.1, 0.15) is 5.56 Å². The summed E-state index contributed by atoms with van der Waals surface area (Å²) in [7, 11) is 1.45. The highest BCUT2D eigenvalue weighted by Crippen LogP contribution is 2.25. The minimum atomic E-state index is -0.762. The van der Waals surface area contributed by atoms with Gasteiger partial charge in [0, 0.05) is 19.9 Å². The number of halogens is 1. The molecule has 1 aromatic rings. The van der Waals surface area contributed by atoms with Crippen LogP contribution >= 0.6 is 11.6 Å². The maximum absolute atomic E-state index is 12.0. The van der Waals surface area contributed by atoms with E-state index in [1.54, 1.807) is 0 Å². The second-order valence-corrected chi connectivity index (χ2v) is 4.25. The predicted molar refractivity (Wildman–Crippen MR) is 70.7 cm³/mol. The van der Waals surface area contributed by atoms with Crippen molar-refractivity contribution in [1.82, 2.24) is 10.3 Å². The maximum atomic E-state index is 12.0. The van der Waals surface area contributed by atoms with E-state index in [1.807, 2.05) is 0 Å². The summed E-state index contributed by atoms with van der Waals surface area (Å²) in [6.45, 7) is 0.0341. The van der Waals surface area contributed by atoms with Crippen molar-refractivity contribution in [2.45, 2.75) is 12.5 Å². The number of hydrogen-bond acceptors (Lipinski definition) is 6. The third-order valence-electron chi connectivity index (χ3n) is 2.49. The van der Waals surface area contributed by atoms with Crippen molar-refractivity contribution in [3.63, 3.8) is 0 Å². The number of nitrogens with zero attached hydrogens (tertiary/aromatic N) is 2. The Labute approximate surface area is 119 Å². The van der Waals surface area contributed by atoms with Gasteiger partial charge in [-0.05, 0) is 12.5 Å². The number of carbonyl (C=O) groups is 1. The van der Waals surface area contributed by atoms with E-state index in [9.17, 15) is 14.9 Å². The summed E-state index contributed by atoms with van der Waals surface area (Å²) in [6.07, 6.45) is 1.48. The lowest BCUT2D eigenvalue weighted by Gasteiger charge is -2.16. The summed E-state index contributed by atoms with van der Waals surface area (Å²) in [5.74, 6) is -0.670. The van der Waals surface area contributed by atoms with E-state index in [0.717, 1.165) is 0 Å². The second-order valence-electron chi connectivity index (χ2n) is 3.89. The number of carbonyl (C=O) groups excluding carboxylic acids is 1. The van der Waals surface area contributed by atoms with E-state index in [-0.39, 0.29) is 30.4 Å². The highest BCUT2D eigenvalue weighted by atomic mass is 35.5. The Balaban J connectivity index is 2.97. The fraction of sp³-hybridized carbons (Fsp3) is 0.455. The number of aliphatic hydroxyl groups excluding tert-OH is 1. The standard InChI is InChI=1S/C11H14ClN3O5/c1-20-6-7(3-5-16)14-11(17)8-2-4-13-10(12)9(8)15(18)19/h2,4,7,16H,3,5-6H2,1H3,(H,14,17). The molecule has 1 heterocycles. The molecule has 8 nitrogen and oxygen atoms in total. The van der Waals surface area contributed by atoms with Crippen molar-refractivity contribution in [1.29, 1.82) is 0 Å². The third kappa shape index (κ3) is 4.12. The van der Waals surface area contributed by atoms with Crippen molar-refractivity contribution >= 4 is 23.2 Å². The summed E-state index contributed by atoms with van der Waals surface area (Å²) in [5.41, 5.74) is -0.735. The lowest BCUT2D eigenvalue weighted by atomic mass is 10.1. The number of pyridine rings is 1. The quantitative estimate of drug-likeness (QED) is 0.437. The molecular formula is C11H14ClN3O5. The van der Waals surface area contributed by atoms with Gasteiger partial charge < -0.3 is 15.2 Å². The molecule has 0 aliphatic heterocycles. The smallest absolute Gasteiger partial charge is 0.319 e. The number of ether oxygens (including phenoxy) is 1. The van der Waals surface area contributed by atoms with Gasteiger partial charge >= 0.3 is 5.69 Å². The number of hydrogen-bond donors (Lipinski definition) is 2. The molecule has 0 aromatic carbocycles. The zero-order valence-corrected chi connectivity index (χ0v) is 11.5. The highest BCUT2D eigenvalue weighted by molar-refractivity contribution is 6.32. The van der Waals surface area contributed by atoms with Crippen molar-refractivity contribution in [2.24, 2.45) is 0 Å². The summed E-state index contributed by atoms with van der Waals surface area (Å²) in [6, 6.07) is 0.756.